The molecule has 2 atom stereocenters. The van der Waals surface area contributed by atoms with Crippen LogP contribution in [0.3, 0.4) is 0 Å². The molecule has 0 aliphatic heterocycles. The van der Waals surface area contributed by atoms with E-state index in [1.807, 2.05) is 0 Å². The maximum Gasteiger partial charge on any atom is 0.251 e. The molecule has 0 spiro atoms. The lowest BCUT2D eigenvalue weighted by molar-refractivity contribution is 0.0910. The van der Waals surface area contributed by atoms with Crippen molar-refractivity contribution in [2.24, 2.45) is 5.92 Å². The number of nitrogens with one attached hydrogen (secondary N) is 2. The first kappa shape index (κ1) is 14.1. The van der Waals surface area contributed by atoms with Gasteiger partial charge in [-0.25, -0.2) is 4.98 Å². The first-order valence-electron chi connectivity index (χ1n) is 6.76. The number of aromatic nitrogens is 1. The topological polar surface area (TPSA) is 54.0 Å². The summed E-state index contributed by atoms with van der Waals surface area (Å²) in [5.74, 6) is 1.08. The molecule has 19 heavy (non-hydrogen) atoms. The number of carbonyl (C=O) groups excluding carboxylic acids is 1. The molecule has 1 amide bonds. The number of carbonyl (C=O) groups is 1. The van der Waals surface area contributed by atoms with Gasteiger partial charge in [0.25, 0.3) is 5.91 Å². The van der Waals surface area contributed by atoms with Crippen LogP contribution in [0.2, 0.25) is 5.15 Å². The third-order valence-corrected chi connectivity index (χ3v) is 3.93. The van der Waals surface area contributed by atoms with Crippen LogP contribution in [0.1, 0.15) is 43.0 Å². The summed E-state index contributed by atoms with van der Waals surface area (Å²) in [6.45, 7) is 2.20. The Morgan fingerprint density at radius 1 is 1.37 bits per heavy atom. The number of amides is 1. The van der Waals surface area contributed by atoms with Crippen LogP contribution in [0.15, 0.2) is 12.1 Å². The zero-order valence-corrected chi connectivity index (χ0v) is 12.1. The van der Waals surface area contributed by atoms with Gasteiger partial charge in [-0.1, -0.05) is 31.4 Å². The quantitative estimate of drug-likeness (QED) is 0.837. The molecule has 5 heteroatoms. The Balaban J connectivity index is 2.08. The Morgan fingerprint density at radius 2 is 2.11 bits per heavy atom. The van der Waals surface area contributed by atoms with Crippen molar-refractivity contribution in [2.45, 2.75) is 38.6 Å². The standard InChI is InChI=1S/C14H20ClN3O/c1-9-5-3-4-6-11(9)17-14(19)10-7-12(15)18-13(8-10)16-2/h7-9,11H,3-6H2,1-2H3,(H,16,18)(H,17,19). The van der Waals surface area contributed by atoms with E-state index >= 15 is 0 Å². The van der Waals surface area contributed by atoms with Crippen molar-refractivity contribution in [3.05, 3.63) is 22.8 Å². The zero-order chi connectivity index (χ0) is 13.8. The molecular formula is C14H20ClN3O. The van der Waals surface area contributed by atoms with Crippen LogP contribution in [-0.4, -0.2) is 24.0 Å². The van der Waals surface area contributed by atoms with Crippen molar-refractivity contribution in [2.75, 3.05) is 12.4 Å². The SMILES string of the molecule is CNc1cc(C(=O)NC2CCCCC2C)cc(Cl)n1. The summed E-state index contributed by atoms with van der Waals surface area (Å²) < 4.78 is 0. The number of nitrogens with zero attached hydrogens (tertiary/aromatic N) is 1. The van der Waals surface area contributed by atoms with Gasteiger partial charge in [0.15, 0.2) is 0 Å². The summed E-state index contributed by atoms with van der Waals surface area (Å²) in [5.41, 5.74) is 0.558. The van der Waals surface area contributed by atoms with Gasteiger partial charge in [0.05, 0.1) is 0 Å². The number of hydrogen-bond donors (Lipinski definition) is 2. The lowest BCUT2D eigenvalue weighted by Crippen LogP contribution is -2.41. The van der Waals surface area contributed by atoms with E-state index in [2.05, 4.69) is 22.5 Å². The third-order valence-electron chi connectivity index (χ3n) is 3.74. The average Bonchev–Trinajstić information content (AvgIpc) is 2.40. The Bertz CT molecular complexity index is 464. The maximum absolute atomic E-state index is 12.3. The summed E-state index contributed by atoms with van der Waals surface area (Å²) in [4.78, 5) is 16.3. The van der Waals surface area contributed by atoms with E-state index in [1.165, 1.54) is 19.3 Å². The van der Waals surface area contributed by atoms with Gasteiger partial charge in [-0.05, 0) is 30.9 Å². The predicted molar refractivity (Wildman–Crippen MR) is 77.7 cm³/mol. The Labute approximate surface area is 118 Å². The highest BCUT2D eigenvalue weighted by Gasteiger charge is 2.23. The summed E-state index contributed by atoms with van der Waals surface area (Å²) in [5, 5.41) is 6.34. The van der Waals surface area contributed by atoms with Crippen molar-refractivity contribution in [1.82, 2.24) is 10.3 Å². The van der Waals surface area contributed by atoms with Gasteiger partial charge < -0.3 is 10.6 Å². The first-order chi connectivity index (χ1) is 9.10. The van der Waals surface area contributed by atoms with Gasteiger partial charge in [-0.2, -0.15) is 0 Å². The summed E-state index contributed by atoms with van der Waals surface area (Å²) in [6, 6.07) is 3.59. The highest BCUT2D eigenvalue weighted by atomic mass is 35.5. The van der Waals surface area contributed by atoms with Crippen LogP contribution in [0.5, 0.6) is 0 Å². The number of anilines is 1. The Hall–Kier alpha value is -1.29. The van der Waals surface area contributed by atoms with Gasteiger partial charge in [0.2, 0.25) is 0 Å². The Kier molecular flexibility index (Phi) is 4.64. The number of rotatable bonds is 3. The highest BCUT2D eigenvalue weighted by Crippen LogP contribution is 2.24. The fourth-order valence-corrected chi connectivity index (χ4v) is 2.75. The smallest absolute Gasteiger partial charge is 0.251 e. The van der Waals surface area contributed by atoms with Crippen LogP contribution < -0.4 is 10.6 Å². The molecule has 1 aromatic heterocycles. The number of halogens is 1. The monoisotopic (exact) mass is 281 g/mol. The highest BCUT2D eigenvalue weighted by molar-refractivity contribution is 6.29. The molecule has 0 bridgehead atoms. The van der Waals surface area contributed by atoms with Crippen molar-refractivity contribution < 1.29 is 4.79 Å². The third kappa shape index (κ3) is 3.60. The largest absolute Gasteiger partial charge is 0.373 e. The van der Waals surface area contributed by atoms with Crippen LogP contribution in [-0.2, 0) is 0 Å². The Morgan fingerprint density at radius 3 is 2.79 bits per heavy atom. The second-order valence-electron chi connectivity index (χ2n) is 5.16. The second kappa shape index (κ2) is 6.24. The van der Waals surface area contributed by atoms with Crippen molar-refractivity contribution in [3.8, 4) is 0 Å². The molecule has 1 aromatic rings. The van der Waals surface area contributed by atoms with Crippen LogP contribution >= 0.6 is 11.6 Å². The van der Waals surface area contributed by atoms with Gasteiger partial charge in [0.1, 0.15) is 11.0 Å². The minimum absolute atomic E-state index is 0.0699. The summed E-state index contributed by atoms with van der Waals surface area (Å²) in [6.07, 6.45) is 4.70. The van der Waals surface area contributed by atoms with Gasteiger partial charge in [-0.15, -0.1) is 0 Å². The van der Waals surface area contributed by atoms with Gasteiger partial charge in [0, 0.05) is 18.7 Å². The van der Waals surface area contributed by atoms with E-state index in [0.29, 0.717) is 22.5 Å². The van der Waals surface area contributed by atoms with Gasteiger partial charge >= 0.3 is 0 Å². The summed E-state index contributed by atoms with van der Waals surface area (Å²) >= 11 is 5.91. The van der Waals surface area contributed by atoms with Crippen molar-refractivity contribution >= 4 is 23.3 Å². The molecule has 1 heterocycles. The first-order valence-corrected chi connectivity index (χ1v) is 7.14. The minimum Gasteiger partial charge on any atom is -0.373 e. The van der Waals surface area contributed by atoms with Crippen LogP contribution in [0, 0.1) is 5.92 Å². The normalized spacial score (nSPS) is 22.9. The fourth-order valence-electron chi connectivity index (χ4n) is 2.54. The molecule has 1 fully saturated rings. The molecule has 1 saturated carbocycles. The van der Waals surface area contributed by atoms with Crippen molar-refractivity contribution in [3.63, 3.8) is 0 Å². The lowest BCUT2D eigenvalue weighted by Gasteiger charge is -2.29. The van der Waals surface area contributed by atoms with E-state index < -0.39 is 0 Å². The molecule has 0 saturated heterocycles. The zero-order valence-electron chi connectivity index (χ0n) is 11.4. The van der Waals surface area contributed by atoms with E-state index in [4.69, 9.17) is 11.6 Å². The molecular weight excluding hydrogens is 262 g/mol. The maximum atomic E-state index is 12.3. The molecule has 2 N–H and O–H groups in total. The number of pyridine rings is 1. The van der Waals surface area contributed by atoms with Crippen LogP contribution in [0.4, 0.5) is 5.82 Å². The minimum atomic E-state index is -0.0699. The van der Waals surface area contributed by atoms with E-state index in [0.717, 1.165) is 6.42 Å². The molecule has 104 valence electrons. The summed E-state index contributed by atoms with van der Waals surface area (Å²) in [7, 11) is 1.75. The van der Waals surface area contributed by atoms with Crippen LogP contribution in [0.25, 0.3) is 0 Å². The van der Waals surface area contributed by atoms with E-state index in [9.17, 15) is 4.79 Å². The number of hydrogen-bond acceptors (Lipinski definition) is 3. The molecule has 0 aromatic carbocycles. The molecule has 2 unspecified atom stereocenters. The molecule has 1 aliphatic carbocycles. The predicted octanol–water partition coefficient (Wildman–Crippen LogP) is 3.09. The fraction of sp³-hybridized carbons (Fsp3) is 0.571. The lowest BCUT2D eigenvalue weighted by atomic mass is 9.86. The average molecular weight is 282 g/mol. The molecule has 1 aliphatic rings. The molecule has 0 radical (unpaired) electrons. The van der Waals surface area contributed by atoms with E-state index in [1.54, 1.807) is 19.2 Å². The van der Waals surface area contributed by atoms with Crippen molar-refractivity contribution in [1.29, 1.82) is 0 Å². The van der Waals surface area contributed by atoms with Gasteiger partial charge in [-0.3, -0.25) is 4.79 Å². The van der Waals surface area contributed by atoms with E-state index in [-0.39, 0.29) is 11.9 Å². The molecule has 4 nitrogen and oxygen atoms in total. The molecule has 2 rings (SSSR count). The second-order valence-corrected chi connectivity index (χ2v) is 5.54.